The number of nitriles is 1. The number of hydrogen-bond donors (Lipinski definition) is 2. The Labute approximate surface area is 247 Å². The molecule has 0 aromatic rings. The van der Waals surface area contributed by atoms with E-state index in [1.807, 2.05) is 6.92 Å². The minimum absolute atomic E-state index is 0.0761. The highest BCUT2D eigenvalue weighted by Crippen LogP contribution is 2.70. The third kappa shape index (κ3) is 4.37. The summed E-state index contributed by atoms with van der Waals surface area (Å²) in [5, 5.41) is 35.4. The number of carbonyl (C=O) groups is 2. The zero-order chi connectivity index (χ0) is 30.1. The second-order valence-electron chi connectivity index (χ2n) is 14.0. The number of cyclic esters (lactones) is 1. The maximum Gasteiger partial charge on any atom is 0.331 e. The van der Waals surface area contributed by atoms with E-state index in [0.717, 1.165) is 24.8 Å². The minimum atomic E-state index is -1.23. The predicted octanol–water partition coefficient (Wildman–Crippen LogP) is 3.33. The molecule has 12 atom stereocenters. The lowest BCUT2D eigenvalue weighted by molar-refractivity contribution is -0.288. The molecule has 10 unspecified atom stereocenters. The lowest BCUT2D eigenvalue weighted by Crippen LogP contribution is -2.68. The number of hydrogen-bond acceptors (Lipinski definition) is 10. The Morgan fingerprint density at radius 2 is 1.88 bits per heavy atom. The molecule has 6 aliphatic rings. The van der Waals surface area contributed by atoms with Gasteiger partial charge in [0.05, 0.1) is 34.9 Å². The van der Waals surface area contributed by atoms with Crippen molar-refractivity contribution in [1.82, 2.24) is 0 Å². The van der Waals surface area contributed by atoms with Crippen LogP contribution in [0.2, 0.25) is 0 Å². The largest absolute Gasteiger partial charge is 0.458 e. The van der Waals surface area contributed by atoms with Crippen LogP contribution in [-0.4, -0.2) is 77.8 Å². The van der Waals surface area contributed by atoms with Gasteiger partial charge in [-0.05, 0) is 81.6 Å². The lowest BCUT2D eigenvalue weighted by atomic mass is 9.41. The molecular formula is C32H45NO9. The SMILES string of the molecule is COC1CC(OC2CCC3(C#N)[C@H]4CCC5(C)C(C6=CC(=O)OC6)CCC5(O)[C@@H]4CCC3(O)C2)OC(C)C1OC(C)=O. The van der Waals surface area contributed by atoms with E-state index < -0.39 is 46.5 Å². The molecule has 0 spiro atoms. The number of nitrogens with zero attached hydrogens (tertiary/aromatic N) is 1. The summed E-state index contributed by atoms with van der Waals surface area (Å²) in [6, 6.07) is 2.62. The predicted molar refractivity (Wildman–Crippen MR) is 147 cm³/mol. The van der Waals surface area contributed by atoms with E-state index in [0.29, 0.717) is 51.6 Å². The van der Waals surface area contributed by atoms with Gasteiger partial charge in [-0.3, -0.25) is 4.79 Å². The standard InChI is InChI=1S/C32H45NO9/c1-18-28(41-19(2)34)25(38-4)14-27(40-18)42-21-5-10-30(17-33)23-6-9-29(3)22(20-13-26(35)39-16-20)8-12-32(29,37)24(23)7-11-31(30,36)15-21/h13,18,21-25,27-28,36-37H,5-12,14-16H2,1-4H3/t18?,21?,22?,23-,24+,25?,27?,28?,29?,30?,31?,32?/m0/s1. The highest BCUT2D eigenvalue weighted by atomic mass is 16.7. The summed E-state index contributed by atoms with van der Waals surface area (Å²) in [5.74, 6) is -0.844. The Bertz CT molecular complexity index is 1180. The van der Waals surface area contributed by atoms with Gasteiger partial charge in [-0.1, -0.05) is 6.92 Å². The second kappa shape index (κ2) is 10.6. The van der Waals surface area contributed by atoms with Gasteiger partial charge in [0.1, 0.15) is 12.7 Å². The fourth-order valence-electron chi connectivity index (χ4n) is 10.3. The van der Waals surface area contributed by atoms with Gasteiger partial charge in [0, 0.05) is 38.4 Å². The molecule has 6 rings (SSSR count). The molecule has 0 amide bonds. The van der Waals surface area contributed by atoms with Gasteiger partial charge in [0.15, 0.2) is 12.4 Å². The van der Waals surface area contributed by atoms with Crippen molar-refractivity contribution in [3.05, 3.63) is 11.6 Å². The summed E-state index contributed by atoms with van der Waals surface area (Å²) in [7, 11) is 1.58. The topological polar surface area (TPSA) is 145 Å². The van der Waals surface area contributed by atoms with Crippen LogP contribution in [0.1, 0.15) is 85.0 Å². The number of carbonyl (C=O) groups excluding carboxylic acids is 2. The quantitative estimate of drug-likeness (QED) is 0.363. The molecule has 1 saturated heterocycles. The highest BCUT2D eigenvalue weighted by molar-refractivity contribution is 5.85. The Kier molecular flexibility index (Phi) is 7.54. The summed E-state index contributed by atoms with van der Waals surface area (Å²) >= 11 is 0. The maximum atomic E-state index is 12.4. The molecule has 2 N–H and O–H groups in total. The average molecular weight is 588 g/mol. The van der Waals surface area contributed by atoms with Crippen molar-refractivity contribution in [1.29, 1.82) is 5.26 Å². The van der Waals surface area contributed by atoms with Crippen LogP contribution in [0.15, 0.2) is 11.6 Å². The first-order chi connectivity index (χ1) is 19.9. The third-order valence-electron chi connectivity index (χ3n) is 12.3. The van der Waals surface area contributed by atoms with E-state index in [1.165, 1.54) is 6.92 Å². The molecule has 0 radical (unpaired) electrons. The van der Waals surface area contributed by atoms with Crippen molar-refractivity contribution in [2.75, 3.05) is 13.7 Å². The lowest BCUT2D eigenvalue weighted by Gasteiger charge is -2.64. The van der Waals surface area contributed by atoms with Crippen LogP contribution < -0.4 is 0 Å². The van der Waals surface area contributed by atoms with Gasteiger partial charge in [0.25, 0.3) is 0 Å². The zero-order valence-corrected chi connectivity index (χ0v) is 25.2. The number of esters is 2. The van der Waals surface area contributed by atoms with E-state index >= 15 is 0 Å². The Hall–Kier alpha value is -2.03. The molecule has 0 bridgehead atoms. The van der Waals surface area contributed by atoms with Gasteiger partial charge in [-0.2, -0.15) is 5.26 Å². The number of aliphatic hydroxyl groups is 2. The molecule has 5 fully saturated rings. The van der Waals surface area contributed by atoms with Crippen LogP contribution in [-0.2, 0) is 33.3 Å². The maximum absolute atomic E-state index is 12.4. The fraction of sp³-hybridized carbons (Fsp3) is 0.844. The van der Waals surface area contributed by atoms with E-state index in [-0.39, 0.29) is 35.9 Å². The van der Waals surface area contributed by atoms with Gasteiger partial charge >= 0.3 is 11.9 Å². The summed E-state index contributed by atoms with van der Waals surface area (Å²) in [4.78, 5) is 23.4. The summed E-state index contributed by atoms with van der Waals surface area (Å²) in [6.07, 6.45) is 5.16. The molecule has 0 aromatic carbocycles. The van der Waals surface area contributed by atoms with Crippen molar-refractivity contribution in [3.8, 4) is 6.07 Å². The molecule has 2 heterocycles. The Morgan fingerprint density at radius 3 is 2.55 bits per heavy atom. The third-order valence-corrected chi connectivity index (χ3v) is 12.3. The molecule has 4 aliphatic carbocycles. The van der Waals surface area contributed by atoms with Gasteiger partial charge < -0.3 is 33.9 Å². The fourth-order valence-corrected chi connectivity index (χ4v) is 10.3. The van der Waals surface area contributed by atoms with Gasteiger partial charge in [0.2, 0.25) is 0 Å². The summed E-state index contributed by atoms with van der Waals surface area (Å²) < 4.78 is 28.7. The molecule has 4 saturated carbocycles. The highest BCUT2D eigenvalue weighted by Gasteiger charge is 2.72. The molecule has 42 heavy (non-hydrogen) atoms. The number of rotatable bonds is 5. The summed E-state index contributed by atoms with van der Waals surface area (Å²) in [6.45, 7) is 5.64. The molecule has 10 nitrogen and oxygen atoms in total. The zero-order valence-electron chi connectivity index (χ0n) is 25.2. The van der Waals surface area contributed by atoms with E-state index in [1.54, 1.807) is 13.2 Å². The van der Waals surface area contributed by atoms with Crippen molar-refractivity contribution in [2.24, 2.45) is 28.6 Å². The van der Waals surface area contributed by atoms with E-state index in [9.17, 15) is 25.1 Å². The molecule has 2 aliphatic heterocycles. The first-order valence-electron chi connectivity index (χ1n) is 15.6. The molecular weight excluding hydrogens is 542 g/mol. The molecule has 10 heteroatoms. The van der Waals surface area contributed by atoms with Crippen molar-refractivity contribution >= 4 is 11.9 Å². The van der Waals surface area contributed by atoms with Crippen LogP contribution in [0.25, 0.3) is 0 Å². The van der Waals surface area contributed by atoms with E-state index in [2.05, 4.69) is 13.0 Å². The van der Waals surface area contributed by atoms with Crippen LogP contribution in [0, 0.1) is 39.9 Å². The van der Waals surface area contributed by atoms with Crippen LogP contribution >= 0.6 is 0 Å². The normalized spacial score (nSPS) is 50.0. The summed E-state index contributed by atoms with van der Waals surface area (Å²) in [5.41, 5.74) is -2.59. The van der Waals surface area contributed by atoms with Crippen LogP contribution in [0.4, 0.5) is 0 Å². The first-order valence-corrected chi connectivity index (χ1v) is 15.6. The molecule has 0 aromatic heterocycles. The first kappa shape index (κ1) is 30.0. The number of methoxy groups -OCH3 is 1. The van der Waals surface area contributed by atoms with Gasteiger partial charge in [-0.25, -0.2) is 4.79 Å². The van der Waals surface area contributed by atoms with Crippen molar-refractivity contribution < 1.29 is 43.5 Å². The number of fused-ring (bicyclic) bond motifs is 5. The average Bonchev–Trinajstić information content (AvgIpc) is 3.48. The Balaban J connectivity index is 1.18. The monoisotopic (exact) mass is 587 g/mol. The van der Waals surface area contributed by atoms with E-state index in [4.69, 9.17) is 23.7 Å². The minimum Gasteiger partial charge on any atom is -0.458 e. The van der Waals surface area contributed by atoms with Crippen LogP contribution in [0.5, 0.6) is 0 Å². The number of ether oxygens (including phenoxy) is 5. The smallest absolute Gasteiger partial charge is 0.331 e. The van der Waals surface area contributed by atoms with Gasteiger partial charge in [-0.15, -0.1) is 0 Å². The van der Waals surface area contributed by atoms with Crippen molar-refractivity contribution in [3.63, 3.8) is 0 Å². The molecule has 232 valence electrons. The Morgan fingerprint density at radius 1 is 1.12 bits per heavy atom. The second-order valence-corrected chi connectivity index (χ2v) is 14.0. The van der Waals surface area contributed by atoms with Crippen LogP contribution in [0.3, 0.4) is 0 Å². The van der Waals surface area contributed by atoms with Crippen molar-refractivity contribution in [2.45, 2.75) is 127 Å².